The number of nitrogens with one attached hydrogen (secondary N) is 1. The number of carbonyl (C=O) groups excluding carboxylic acids is 1. The second kappa shape index (κ2) is 7.26. The molecule has 3 nitrogen and oxygen atoms in total. The Bertz CT molecular complexity index is 884. The van der Waals surface area contributed by atoms with Crippen molar-refractivity contribution in [3.63, 3.8) is 0 Å². The monoisotopic (exact) mass is 335 g/mol. The number of nitrogens with zero attached hydrogens (tertiary/aromatic N) is 1. The summed E-state index contributed by atoms with van der Waals surface area (Å²) < 4.78 is 15.2. The van der Waals surface area contributed by atoms with Gasteiger partial charge in [0, 0.05) is 17.3 Å². The summed E-state index contributed by atoms with van der Waals surface area (Å²) in [5, 5.41) is 2.89. The van der Waals surface area contributed by atoms with Crippen LogP contribution in [-0.4, -0.2) is 5.91 Å². The molecule has 1 amide bonds. The Kier molecular flexibility index (Phi) is 4.89. The lowest BCUT2D eigenvalue weighted by Gasteiger charge is -2.11. The summed E-state index contributed by atoms with van der Waals surface area (Å²) in [6.07, 6.45) is 3.80. The van der Waals surface area contributed by atoms with Crippen molar-refractivity contribution in [1.29, 1.82) is 0 Å². The van der Waals surface area contributed by atoms with E-state index in [9.17, 15) is 9.18 Å². The van der Waals surface area contributed by atoms with Crippen molar-refractivity contribution in [2.24, 2.45) is 0 Å². The van der Waals surface area contributed by atoms with Gasteiger partial charge in [0.2, 0.25) is 6.54 Å². The van der Waals surface area contributed by atoms with Crippen molar-refractivity contribution >= 4 is 11.6 Å². The lowest BCUT2D eigenvalue weighted by Crippen LogP contribution is -2.39. The van der Waals surface area contributed by atoms with Crippen LogP contribution in [0.5, 0.6) is 0 Å². The summed E-state index contributed by atoms with van der Waals surface area (Å²) in [7, 11) is 0. The quantitative estimate of drug-likeness (QED) is 0.717. The Balaban J connectivity index is 1.76. The molecule has 25 heavy (non-hydrogen) atoms. The SMILES string of the molecule is Cc1cc(F)cc(C)c1NC(=O)C[n+]1cccc(-c2ccccc2)c1. The molecule has 1 N–H and O–H groups in total. The molecule has 0 atom stereocenters. The Morgan fingerprint density at radius 2 is 1.64 bits per heavy atom. The molecule has 0 saturated heterocycles. The predicted octanol–water partition coefficient (Wildman–Crippen LogP) is 4.04. The van der Waals surface area contributed by atoms with Crippen LogP contribution in [0.1, 0.15) is 11.1 Å². The maximum atomic E-state index is 13.4. The van der Waals surface area contributed by atoms with E-state index in [1.807, 2.05) is 59.4 Å². The Labute approximate surface area is 146 Å². The number of hydrogen-bond acceptors (Lipinski definition) is 1. The minimum Gasteiger partial charge on any atom is -0.320 e. The zero-order chi connectivity index (χ0) is 17.8. The highest BCUT2D eigenvalue weighted by molar-refractivity contribution is 5.91. The number of hydrogen-bond donors (Lipinski definition) is 1. The van der Waals surface area contributed by atoms with Crippen molar-refractivity contribution in [2.45, 2.75) is 20.4 Å². The molecule has 3 aromatic rings. The number of anilines is 1. The predicted molar refractivity (Wildman–Crippen MR) is 96.6 cm³/mol. The molecule has 0 aliphatic carbocycles. The zero-order valence-electron chi connectivity index (χ0n) is 14.3. The fraction of sp³-hybridized carbons (Fsp3) is 0.143. The standard InChI is InChI=1S/C21H19FN2O/c1-15-11-19(22)12-16(2)21(15)23-20(25)14-24-10-6-9-18(13-24)17-7-4-3-5-8-17/h3-13H,14H2,1-2H3/p+1. The van der Waals surface area contributed by atoms with Gasteiger partial charge in [-0.3, -0.25) is 4.79 Å². The number of amides is 1. The van der Waals surface area contributed by atoms with Crippen LogP contribution < -0.4 is 9.88 Å². The van der Waals surface area contributed by atoms with Gasteiger partial charge in [0.15, 0.2) is 12.4 Å². The van der Waals surface area contributed by atoms with Crippen molar-refractivity contribution < 1.29 is 13.8 Å². The van der Waals surface area contributed by atoms with Crippen LogP contribution in [0.3, 0.4) is 0 Å². The number of pyridine rings is 1. The summed E-state index contributed by atoms with van der Waals surface area (Å²) in [6, 6.07) is 16.8. The van der Waals surface area contributed by atoms with Crippen LogP contribution in [0.15, 0.2) is 67.0 Å². The highest BCUT2D eigenvalue weighted by atomic mass is 19.1. The molecule has 1 aromatic heterocycles. The maximum absolute atomic E-state index is 13.4. The molecule has 1 heterocycles. The molecule has 3 rings (SSSR count). The van der Waals surface area contributed by atoms with Crippen molar-refractivity contribution in [3.8, 4) is 11.1 Å². The fourth-order valence-corrected chi connectivity index (χ4v) is 2.87. The van der Waals surface area contributed by atoms with Gasteiger partial charge in [0.05, 0.1) is 0 Å². The minimum absolute atomic E-state index is 0.145. The van der Waals surface area contributed by atoms with E-state index in [4.69, 9.17) is 0 Å². The largest absolute Gasteiger partial charge is 0.320 e. The second-order valence-electron chi connectivity index (χ2n) is 6.09. The van der Waals surface area contributed by atoms with E-state index in [0.717, 1.165) is 11.1 Å². The van der Waals surface area contributed by atoms with Crippen LogP contribution in [0, 0.1) is 19.7 Å². The highest BCUT2D eigenvalue weighted by Crippen LogP contribution is 2.21. The molecule has 0 unspecified atom stereocenters. The maximum Gasteiger partial charge on any atom is 0.290 e. The molecule has 0 aliphatic heterocycles. The van der Waals surface area contributed by atoms with Crippen molar-refractivity contribution in [1.82, 2.24) is 0 Å². The van der Waals surface area contributed by atoms with Gasteiger partial charge in [-0.25, -0.2) is 4.39 Å². The molecule has 4 heteroatoms. The molecule has 2 aromatic carbocycles. The Hall–Kier alpha value is -3.01. The molecule has 0 radical (unpaired) electrons. The van der Waals surface area contributed by atoms with E-state index in [1.54, 1.807) is 13.8 Å². The highest BCUT2D eigenvalue weighted by Gasteiger charge is 2.14. The van der Waals surface area contributed by atoms with E-state index in [0.29, 0.717) is 16.8 Å². The van der Waals surface area contributed by atoms with Gasteiger partial charge in [-0.05, 0) is 48.7 Å². The number of rotatable bonds is 4. The van der Waals surface area contributed by atoms with Crippen LogP contribution >= 0.6 is 0 Å². The molecule has 0 aliphatic rings. The third-order valence-corrected chi connectivity index (χ3v) is 4.05. The van der Waals surface area contributed by atoms with E-state index in [1.165, 1.54) is 12.1 Å². The fourth-order valence-electron chi connectivity index (χ4n) is 2.87. The summed E-state index contributed by atoms with van der Waals surface area (Å²) >= 11 is 0. The van der Waals surface area contributed by atoms with E-state index in [-0.39, 0.29) is 18.3 Å². The molecule has 0 saturated carbocycles. The summed E-state index contributed by atoms with van der Waals surface area (Å²) in [5.74, 6) is -0.439. The van der Waals surface area contributed by atoms with Gasteiger partial charge >= 0.3 is 0 Å². The van der Waals surface area contributed by atoms with Gasteiger partial charge in [-0.2, -0.15) is 4.57 Å². The summed E-state index contributed by atoms with van der Waals surface area (Å²) in [4.78, 5) is 12.4. The second-order valence-corrected chi connectivity index (χ2v) is 6.09. The third-order valence-electron chi connectivity index (χ3n) is 4.05. The van der Waals surface area contributed by atoms with E-state index >= 15 is 0 Å². The topological polar surface area (TPSA) is 33.0 Å². The van der Waals surface area contributed by atoms with Crippen LogP contribution in [0.25, 0.3) is 11.1 Å². The molecular formula is C21H20FN2O+. The summed E-state index contributed by atoms with van der Waals surface area (Å²) in [6.45, 7) is 3.76. The first-order valence-corrected chi connectivity index (χ1v) is 8.14. The van der Waals surface area contributed by atoms with Crippen LogP contribution in [-0.2, 0) is 11.3 Å². The minimum atomic E-state index is -0.294. The van der Waals surface area contributed by atoms with Gasteiger partial charge < -0.3 is 5.32 Å². The molecule has 0 fully saturated rings. The number of carbonyl (C=O) groups is 1. The molecule has 0 spiro atoms. The van der Waals surface area contributed by atoms with Gasteiger partial charge in [-0.15, -0.1) is 0 Å². The van der Waals surface area contributed by atoms with Crippen molar-refractivity contribution in [2.75, 3.05) is 5.32 Å². The third kappa shape index (κ3) is 4.10. The normalized spacial score (nSPS) is 10.5. The average Bonchev–Trinajstić information content (AvgIpc) is 2.59. The van der Waals surface area contributed by atoms with Gasteiger partial charge in [-0.1, -0.05) is 30.3 Å². The van der Waals surface area contributed by atoms with E-state index in [2.05, 4.69) is 5.32 Å². The number of halogens is 1. The first kappa shape index (κ1) is 16.8. The number of benzene rings is 2. The molecule has 0 bridgehead atoms. The van der Waals surface area contributed by atoms with Crippen LogP contribution in [0.4, 0.5) is 10.1 Å². The van der Waals surface area contributed by atoms with E-state index < -0.39 is 0 Å². The smallest absolute Gasteiger partial charge is 0.290 e. The lowest BCUT2D eigenvalue weighted by atomic mass is 10.1. The van der Waals surface area contributed by atoms with Gasteiger partial charge in [0.25, 0.3) is 5.91 Å². The molecular weight excluding hydrogens is 315 g/mol. The lowest BCUT2D eigenvalue weighted by molar-refractivity contribution is -0.683. The molecule has 126 valence electrons. The first-order chi connectivity index (χ1) is 12.0. The zero-order valence-corrected chi connectivity index (χ0v) is 14.3. The Morgan fingerprint density at radius 1 is 1.00 bits per heavy atom. The van der Waals surface area contributed by atoms with Crippen molar-refractivity contribution in [3.05, 3.63) is 83.9 Å². The average molecular weight is 335 g/mol. The summed E-state index contributed by atoms with van der Waals surface area (Å²) in [5.41, 5.74) is 4.25. The van der Waals surface area contributed by atoms with Gasteiger partial charge in [0.1, 0.15) is 5.82 Å². The first-order valence-electron chi connectivity index (χ1n) is 8.14. The number of aromatic nitrogens is 1. The number of aryl methyl sites for hydroxylation is 2. The van der Waals surface area contributed by atoms with Crippen LogP contribution in [0.2, 0.25) is 0 Å². The Morgan fingerprint density at radius 3 is 2.32 bits per heavy atom.